The molecule has 2 aromatic rings. The topological polar surface area (TPSA) is 78.3 Å². The van der Waals surface area contributed by atoms with Gasteiger partial charge in [0.15, 0.2) is 0 Å². The van der Waals surface area contributed by atoms with Gasteiger partial charge in [0.2, 0.25) is 0 Å². The third kappa shape index (κ3) is 2.19. The van der Waals surface area contributed by atoms with Gasteiger partial charge in [0.1, 0.15) is 17.0 Å². The van der Waals surface area contributed by atoms with Crippen molar-refractivity contribution in [1.82, 2.24) is 9.97 Å². The number of hydrogen-bond donors (Lipinski definition) is 3. The van der Waals surface area contributed by atoms with Crippen molar-refractivity contribution in [2.24, 2.45) is 0 Å². The minimum atomic E-state index is -0.788. The van der Waals surface area contributed by atoms with Crippen LogP contribution in [0.15, 0.2) is 6.33 Å². The van der Waals surface area contributed by atoms with E-state index in [9.17, 15) is 10.2 Å². The Kier molecular flexibility index (Phi) is 3.52. The van der Waals surface area contributed by atoms with E-state index in [0.717, 1.165) is 15.8 Å². The molecule has 0 aliphatic heterocycles. The lowest BCUT2D eigenvalue weighted by atomic mass is 10.1. The zero-order chi connectivity index (χ0) is 13.3. The van der Waals surface area contributed by atoms with Crippen molar-refractivity contribution in [3.8, 4) is 0 Å². The van der Waals surface area contributed by atoms with Gasteiger partial charge in [-0.05, 0) is 26.3 Å². The molecular weight excluding hydrogens is 250 g/mol. The van der Waals surface area contributed by atoms with Crippen LogP contribution >= 0.6 is 11.3 Å². The first-order valence-electron chi connectivity index (χ1n) is 5.71. The van der Waals surface area contributed by atoms with Crippen molar-refractivity contribution >= 4 is 27.4 Å². The standard InChI is InChI=1S/C12H17N3O2S/c1-7-8(2)18-11-9(7)10(13-6-14-11)15-12(3,4-16)5-17/h6,16-17H,4-5H2,1-3H3,(H,13,14,15). The number of anilines is 1. The van der Waals surface area contributed by atoms with E-state index in [1.807, 2.05) is 13.8 Å². The summed E-state index contributed by atoms with van der Waals surface area (Å²) in [5, 5.41) is 22.7. The minimum absolute atomic E-state index is 0.169. The predicted molar refractivity (Wildman–Crippen MR) is 73.1 cm³/mol. The van der Waals surface area contributed by atoms with E-state index >= 15 is 0 Å². The third-order valence-electron chi connectivity index (χ3n) is 3.08. The Morgan fingerprint density at radius 3 is 2.56 bits per heavy atom. The summed E-state index contributed by atoms with van der Waals surface area (Å²) in [5.74, 6) is 0.660. The van der Waals surface area contributed by atoms with Gasteiger partial charge in [-0.25, -0.2) is 9.97 Å². The van der Waals surface area contributed by atoms with Crippen molar-refractivity contribution in [3.05, 3.63) is 16.8 Å². The van der Waals surface area contributed by atoms with E-state index in [4.69, 9.17) is 0 Å². The molecule has 2 rings (SSSR count). The molecule has 0 aliphatic rings. The maximum absolute atomic E-state index is 9.33. The van der Waals surface area contributed by atoms with Gasteiger partial charge >= 0.3 is 0 Å². The second kappa shape index (κ2) is 4.79. The molecule has 5 nitrogen and oxygen atoms in total. The summed E-state index contributed by atoms with van der Waals surface area (Å²) in [7, 11) is 0. The highest BCUT2D eigenvalue weighted by Gasteiger charge is 2.24. The molecule has 98 valence electrons. The molecule has 0 aromatic carbocycles. The molecule has 6 heteroatoms. The van der Waals surface area contributed by atoms with Gasteiger partial charge in [0.05, 0.1) is 24.1 Å². The average Bonchev–Trinajstić information content (AvgIpc) is 2.66. The van der Waals surface area contributed by atoms with Gasteiger partial charge in [-0.3, -0.25) is 0 Å². The van der Waals surface area contributed by atoms with E-state index in [0.29, 0.717) is 5.82 Å². The zero-order valence-electron chi connectivity index (χ0n) is 10.7. The number of hydrogen-bond acceptors (Lipinski definition) is 6. The Balaban J connectivity index is 2.51. The van der Waals surface area contributed by atoms with Gasteiger partial charge in [-0.1, -0.05) is 0 Å². The quantitative estimate of drug-likeness (QED) is 0.781. The molecule has 2 heterocycles. The lowest BCUT2D eigenvalue weighted by Gasteiger charge is -2.27. The monoisotopic (exact) mass is 267 g/mol. The number of nitrogens with zero attached hydrogens (tertiary/aromatic N) is 2. The minimum Gasteiger partial charge on any atom is -0.394 e. The van der Waals surface area contributed by atoms with Crippen molar-refractivity contribution in [2.45, 2.75) is 26.3 Å². The average molecular weight is 267 g/mol. The second-order valence-corrected chi connectivity index (χ2v) is 5.89. The molecular formula is C12H17N3O2S. The Morgan fingerprint density at radius 1 is 1.28 bits per heavy atom. The highest BCUT2D eigenvalue weighted by Crippen LogP contribution is 2.33. The maximum Gasteiger partial charge on any atom is 0.139 e. The van der Waals surface area contributed by atoms with Crippen LogP contribution in [0.3, 0.4) is 0 Å². The van der Waals surface area contributed by atoms with Crippen molar-refractivity contribution in [1.29, 1.82) is 0 Å². The predicted octanol–water partition coefficient (Wildman–Crippen LogP) is 1.46. The summed E-state index contributed by atoms with van der Waals surface area (Å²) in [4.78, 5) is 10.6. The van der Waals surface area contributed by atoms with E-state index in [1.165, 1.54) is 11.2 Å². The van der Waals surface area contributed by atoms with Crippen LogP contribution in [0.1, 0.15) is 17.4 Å². The normalized spacial score (nSPS) is 12.1. The lowest BCUT2D eigenvalue weighted by molar-refractivity contribution is 0.147. The molecule has 0 amide bonds. The van der Waals surface area contributed by atoms with Gasteiger partial charge < -0.3 is 15.5 Å². The fourth-order valence-electron chi connectivity index (χ4n) is 1.69. The Morgan fingerprint density at radius 2 is 1.94 bits per heavy atom. The summed E-state index contributed by atoms with van der Waals surface area (Å²) < 4.78 is 0. The van der Waals surface area contributed by atoms with Crippen LogP contribution in [-0.4, -0.2) is 38.9 Å². The molecule has 3 N–H and O–H groups in total. The van der Waals surface area contributed by atoms with E-state index in [2.05, 4.69) is 15.3 Å². The lowest BCUT2D eigenvalue weighted by Crippen LogP contribution is -2.42. The molecule has 0 bridgehead atoms. The van der Waals surface area contributed by atoms with Crippen LogP contribution < -0.4 is 5.32 Å². The third-order valence-corrected chi connectivity index (χ3v) is 4.20. The SMILES string of the molecule is Cc1sc2ncnc(NC(C)(CO)CO)c2c1C. The summed E-state index contributed by atoms with van der Waals surface area (Å²) in [5.41, 5.74) is 0.347. The number of aromatic nitrogens is 2. The fraction of sp³-hybridized carbons (Fsp3) is 0.500. The van der Waals surface area contributed by atoms with Crippen LogP contribution in [-0.2, 0) is 0 Å². The molecule has 0 atom stereocenters. The summed E-state index contributed by atoms with van der Waals surface area (Å²) >= 11 is 1.62. The largest absolute Gasteiger partial charge is 0.394 e. The number of nitrogens with one attached hydrogen (secondary N) is 1. The smallest absolute Gasteiger partial charge is 0.139 e. The van der Waals surface area contributed by atoms with Crippen molar-refractivity contribution in [3.63, 3.8) is 0 Å². The first-order chi connectivity index (χ1) is 8.50. The summed E-state index contributed by atoms with van der Waals surface area (Å²) in [6.45, 7) is 5.48. The number of rotatable bonds is 4. The Labute approximate surface area is 110 Å². The molecule has 18 heavy (non-hydrogen) atoms. The molecule has 2 aromatic heterocycles. The Hall–Kier alpha value is -1.24. The van der Waals surface area contributed by atoms with E-state index in [1.54, 1.807) is 18.3 Å². The fourth-order valence-corrected chi connectivity index (χ4v) is 2.69. The van der Waals surface area contributed by atoms with Crippen LogP contribution in [0.5, 0.6) is 0 Å². The molecule has 0 unspecified atom stereocenters. The number of aryl methyl sites for hydroxylation is 2. The summed E-state index contributed by atoms with van der Waals surface area (Å²) in [6.07, 6.45) is 1.50. The Bertz CT molecular complexity index is 564. The van der Waals surface area contributed by atoms with Gasteiger partial charge in [-0.2, -0.15) is 0 Å². The highest BCUT2D eigenvalue weighted by atomic mass is 32.1. The zero-order valence-corrected chi connectivity index (χ0v) is 11.5. The van der Waals surface area contributed by atoms with Gasteiger partial charge in [0, 0.05) is 4.88 Å². The molecule has 0 radical (unpaired) electrons. The number of fused-ring (bicyclic) bond motifs is 1. The van der Waals surface area contributed by atoms with Crippen LogP contribution in [0.25, 0.3) is 10.2 Å². The highest BCUT2D eigenvalue weighted by molar-refractivity contribution is 7.18. The van der Waals surface area contributed by atoms with Crippen LogP contribution in [0.4, 0.5) is 5.82 Å². The van der Waals surface area contributed by atoms with Crippen LogP contribution in [0.2, 0.25) is 0 Å². The number of thiophene rings is 1. The molecule has 0 saturated heterocycles. The summed E-state index contributed by atoms with van der Waals surface area (Å²) in [6, 6.07) is 0. The van der Waals surface area contributed by atoms with Gasteiger partial charge in [0.25, 0.3) is 0 Å². The second-order valence-electron chi connectivity index (χ2n) is 4.69. The van der Waals surface area contributed by atoms with Gasteiger partial charge in [-0.15, -0.1) is 11.3 Å². The van der Waals surface area contributed by atoms with E-state index < -0.39 is 5.54 Å². The number of aliphatic hydroxyl groups excluding tert-OH is 2. The first-order valence-corrected chi connectivity index (χ1v) is 6.53. The molecule has 0 fully saturated rings. The first kappa shape index (κ1) is 13.2. The van der Waals surface area contributed by atoms with Crippen LogP contribution in [0, 0.1) is 13.8 Å². The molecule has 0 spiro atoms. The van der Waals surface area contributed by atoms with Crippen molar-refractivity contribution < 1.29 is 10.2 Å². The molecule has 0 aliphatic carbocycles. The number of aliphatic hydroxyl groups is 2. The molecule has 0 saturated carbocycles. The van der Waals surface area contributed by atoms with E-state index in [-0.39, 0.29) is 13.2 Å². The van der Waals surface area contributed by atoms with Crippen molar-refractivity contribution in [2.75, 3.05) is 18.5 Å². The maximum atomic E-state index is 9.33.